The summed E-state index contributed by atoms with van der Waals surface area (Å²) in [6, 6.07) is 2.99. The van der Waals surface area contributed by atoms with Crippen LogP contribution < -0.4 is 5.73 Å². The number of benzene rings is 1. The third-order valence-corrected chi connectivity index (χ3v) is 3.78. The van der Waals surface area contributed by atoms with Gasteiger partial charge in [-0.2, -0.15) is 0 Å². The molecular formula is C14H18BrFN2O. The van der Waals surface area contributed by atoms with Crippen LogP contribution in [0.5, 0.6) is 0 Å². The third-order valence-electron chi connectivity index (χ3n) is 3.13. The molecule has 1 fully saturated rings. The highest BCUT2D eigenvalue weighted by molar-refractivity contribution is 9.10. The van der Waals surface area contributed by atoms with Gasteiger partial charge < -0.3 is 10.6 Å². The summed E-state index contributed by atoms with van der Waals surface area (Å²) in [5.41, 5.74) is 6.00. The number of amides is 1. The average molecular weight is 329 g/mol. The summed E-state index contributed by atoms with van der Waals surface area (Å²) >= 11 is 3.24. The van der Waals surface area contributed by atoms with Gasteiger partial charge >= 0.3 is 0 Å². The van der Waals surface area contributed by atoms with E-state index in [1.807, 2.05) is 4.90 Å². The Labute approximate surface area is 121 Å². The zero-order chi connectivity index (χ0) is 14.2. The second-order valence-electron chi connectivity index (χ2n) is 5.44. The normalized spacial score (nSPS) is 14.8. The molecule has 0 aliphatic heterocycles. The molecule has 0 heterocycles. The van der Waals surface area contributed by atoms with Gasteiger partial charge in [0.1, 0.15) is 5.82 Å². The zero-order valence-corrected chi connectivity index (χ0v) is 12.7. The summed E-state index contributed by atoms with van der Waals surface area (Å²) in [6.07, 6.45) is 2.10. The number of halogens is 2. The van der Waals surface area contributed by atoms with E-state index in [1.54, 1.807) is 0 Å². The van der Waals surface area contributed by atoms with Crippen molar-refractivity contribution in [3.8, 4) is 0 Å². The molecule has 2 rings (SSSR count). The molecule has 1 saturated carbocycles. The van der Waals surface area contributed by atoms with Crippen molar-refractivity contribution in [2.45, 2.75) is 32.7 Å². The van der Waals surface area contributed by atoms with Crippen molar-refractivity contribution >= 4 is 27.5 Å². The number of rotatable bonds is 4. The topological polar surface area (TPSA) is 46.3 Å². The highest BCUT2D eigenvalue weighted by atomic mass is 79.9. The zero-order valence-electron chi connectivity index (χ0n) is 11.1. The predicted octanol–water partition coefficient (Wildman–Crippen LogP) is 3.43. The number of nitrogen functional groups attached to an aromatic ring is 1. The quantitative estimate of drug-likeness (QED) is 0.860. The van der Waals surface area contributed by atoms with E-state index in [4.69, 9.17) is 5.73 Å². The lowest BCUT2D eigenvalue weighted by Gasteiger charge is -2.25. The summed E-state index contributed by atoms with van der Waals surface area (Å²) in [4.78, 5) is 14.4. The molecule has 1 aliphatic rings. The van der Waals surface area contributed by atoms with Gasteiger partial charge in [-0.1, -0.05) is 13.8 Å². The minimum Gasteiger partial charge on any atom is -0.396 e. The lowest BCUT2D eigenvalue weighted by Crippen LogP contribution is -2.36. The molecule has 0 spiro atoms. The Hall–Kier alpha value is -1.10. The van der Waals surface area contributed by atoms with E-state index in [9.17, 15) is 9.18 Å². The number of hydrogen-bond donors (Lipinski definition) is 1. The van der Waals surface area contributed by atoms with Crippen molar-refractivity contribution in [1.29, 1.82) is 0 Å². The molecule has 1 aromatic carbocycles. The van der Waals surface area contributed by atoms with Gasteiger partial charge in [0, 0.05) is 17.1 Å². The van der Waals surface area contributed by atoms with Gasteiger partial charge in [-0.3, -0.25) is 4.79 Å². The van der Waals surface area contributed by atoms with Crippen LogP contribution in [0.1, 0.15) is 37.0 Å². The van der Waals surface area contributed by atoms with Gasteiger partial charge in [0.15, 0.2) is 0 Å². The van der Waals surface area contributed by atoms with E-state index in [2.05, 4.69) is 29.8 Å². The van der Waals surface area contributed by atoms with E-state index in [0.29, 0.717) is 28.5 Å². The second-order valence-corrected chi connectivity index (χ2v) is 6.29. The molecule has 2 N–H and O–H groups in total. The summed E-state index contributed by atoms with van der Waals surface area (Å²) in [7, 11) is 0. The minimum atomic E-state index is -0.509. The Balaban J connectivity index is 2.28. The first-order chi connectivity index (χ1) is 8.90. The third kappa shape index (κ3) is 3.26. The van der Waals surface area contributed by atoms with Crippen LogP contribution in [-0.4, -0.2) is 23.4 Å². The van der Waals surface area contributed by atoms with Gasteiger partial charge in [0.05, 0.1) is 11.3 Å². The number of nitrogens with zero attached hydrogens (tertiary/aromatic N) is 1. The Morgan fingerprint density at radius 1 is 1.53 bits per heavy atom. The van der Waals surface area contributed by atoms with Crippen LogP contribution in [0.2, 0.25) is 0 Å². The predicted molar refractivity (Wildman–Crippen MR) is 77.4 cm³/mol. The molecule has 1 aliphatic carbocycles. The maximum atomic E-state index is 13.3. The first kappa shape index (κ1) is 14.3. The van der Waals surface area contributed by atoms with Gasteiger partial charge in [-0.05, 0) is 46.8 Å². The molecule has 19 heavy (non-hydrogen) atoms. The molecule has 104 valence electrons. The van der Waals surface area contributed by atoms with Crippen molar-refractivity contribution in [2.75, 3.05) is 12.3 Å². The van der Waals surface area contributed by atoms with Crippen molar-refractivity contribution < 1.29 is 9.18 Å². The summed E-state index contributed by atoms with van der Waals surface area (Å²) < 4.78 is 13.8. The van der Waals surface area contributed by atoms with Crippen LogP contribution in [0.15, 0.2) is 16.6 Å². The SMILES string of the molecule is CC(C)CN(C(=O)c1cc(N)c(F)cc1Br)C1CC1. The highest BCUT2D eigenvalue weighted by Gasteiger charge is 2.34. The van der Waals surface area contributed by atoms with E-state index in [1.165, 1.54) is 12.1 Å². The van der Waals surface area contributed by atoms with E-state index >= 15 is 0 Å². The van der Waals surface area contributed by atoms with Crippen LogP contribution in [0.25, 0.3) is 0 Å². The maximum Gasteiger partial charge on any atom is 0.255 e. The molecule has 0 atom stereocenters. The summed E-state index contributed by atoms with van der Waals surface area (Å²) in [5, 5.41) is 0. The van der Waals surface area contributed by atoms with Crippen molar-refractivity contribution in [3.05, 3.63) is 28.0 Å². The Bertz CT molecular complexity index is 500. The fraction of sp³-hybridized carbons (Fsp3) is 0.500. The lowest BCUT2D eigenvalue weighted by molar-refractivity contribution is 0.0721. The Morgan fingerprint density at radius 3 is 2.68 bits per heavy atom. The molecule has 5 heteroatoms. The molecular weight excluding hydrogens is 311 g/mol. The van der Waals surface area contributed by atoms with E-state index in [0.717, 1.165) is 12.8 Å². The van der Waals surface area contributed by atoms with Crippen LogP contribution >= 0.6 is 15.9 Å². The fourth-order valence-corrected chi connectivity index (χ4v) is 2.55. The van der Waals surface area contributed by atoms with Crippen LogP contribution in [-0.2, 0) is 0 Å². The minimum absolute atomic E-state index is 0.00634. The van der Waals surface area contributed by atoms with Crippen molar-refractivity contribution in [3.63, 3.8) is 0 Å². The van der Waals surface area contributed by atoms with E-state index < -0.39 is 5.82 Å². The largest absolute Gasteiger partial charge is 0.396 e. The van der Waals surface area contributed by atoms with Gasteiger partial charge in [-0.25, -0.2) is 4.39 Å². The average Bonchev–Trinajstić information content (AvgIpc) is 3.14. The molecule has 0 radical (unpaired) electrons. The first-order valence-corrected chi connectivity index (χ1v) is 7.25. The van der Waals surface area contributed by atoms with Gasteiger partial charge in [0.2, 0.25) is 0 Å². The molecule has 0 saturated heterocycles. The van der Waals surface area contributed by atoms with Crippen LogP contribution in [0, 0.1) is 11.7 Å². The molecule has 3 nitrogen and oxygen atoms in total. The number of hydrogen-bond acceptors (Lipinski definition) is 2. The Kier molecular flexibility index (Phi) is 4.13. The molecule has 0 aromatic heterocycles. The molecule has 1 amide bonds. The molecule has 0 bridgehead atoms. The van der Waals surface area contributed by atoms with Crippen LogP contribution in [0.4, 0.5) is 10.1 Å². The monoisotopic (exact) mass is 328 g/mol. The standard InChI is InChI=1S/C14H18BrFN2O/c1-8(2)7-18(9-3-4-9)14(19)10-5-13(17)12(16)6-11(10)15/h5-6,8-9H,3-4,7,17H2,1-2H3. The van der Waals surface area contributed by atoms with Crippen LogP contribution in [0.3, 0.4) is 0 Å². The Morgan fingerprint density at radius 2 is 2.16 bits per heavy atom. The van der Waals surface area contributed by atoms with Crippen molar-refractivity contribution in [2.24, 2.45) is 5.92 Å². The lowest BCUT2D eigenvalue weighted by atomic mass is 10.1. The summed E-state index contributed by atoms with van der Waals surface area (Å²) in [6.45, 7) is 4.88. The van der Waals surface area contributed by atoms with E-state index in [-0.39, 0.29) is 11.6 Å². The highest BCUT2D eigenvalue weighted by Crippen LogP contribution is 2.31. The number of anilines is 1. The number of carbonyl (C=O) groups excluding carboxylic acids is 1. The number of nitrogens with two attached hydrogens (primary N) is 1. The molecule has 1 aromatic rings. The number of carbonyl (C=O) groups is 1. The van der Waals surface area contributed by atoms with Crippen molar-refractivity contribution in [1.82, 2.24) is 4.90 Å². The van der Waals surface area contributed by atoms with Gasteiger partial charge in [0.25, 0.3) is 5.91 Å². The van der Waals surface area contributed by atoms with Gasteiger partial charge in [-0.15, -0.1) is 0 Å². The maximum absolute atomic E-state index is 13.3. The fourth-order valence-electron chi connectivity index (χ4n) is 2.06. The smallest absolute Gasteiger partial charge is 0.255 e. The summed E-state index contributed by atoms with van der Waals surface area (Å²) in [5.74, 6) is -0.179. The molecule has 0 unspecified atom stereocenters. The second kappa shape index (κ2) is 5.49. The first-order valence-electron chi connectivity index (χ1n) is 6.45.